The molecule has 0 bridgehead atoms. The molecule has 0 radical (unpaired) electrons. The minimum Gasteiger partial charge on any atom is -0.508 e. The van der Waals surface area contributed by atoms with E-state index in [0.717, 1.165) is 49.0 Å². The summed E-state index contributed by atoms with van der Waals surface area (Å²) in [5.74, 6) is 0.216. The predicted molar refractivity (Wildman–Crippen MR) is 275 cm³/mol. The SMILES string of the molecule is CO[C@H](CC(C)C)[C@@H](O)[C@H](C)CC(C)[C@@H](OC(N)O)C1/C=C\C=C(/C)C(=O)N(C2=CC(=O)C(NCc3cn(CCOc4ccc([C@H]5C[C@@]6(C)C(CC[C@@H]6O)C6CCc7cc(O)ccc7C65)cc4)nn3)=C(C)C2=O)O1. The maximum absolute atomic E-state index is 14.1. The number of aromatic nitrogens is 3. The van der Waals surface area contributed by atoms with Crippen molar-refractivity contribution in [3.05, 3.63) is 118 Å². The number of nitrogens with two attached hydrogens (primary N) is 1. The second-order valence-corrected chi connectivity index (χ2v) is 22.1. The maximum Gasteiger partial charge on any atom is 0.277 e. The molecule has 1 aliphatic heterocycles. The van der Waals surface area contributed by atoms with Crippen molar-refractivity contribution in [3.63, 3.8) is 0 Å². The number of hydroxylamine groups is 2. The number of phenols is 1. The number of aliphatic hydroxyl groups excluding tert-OH is 3. The molecule has 1 aromatic heterocycles. The third-order valence-electron chi connectivity index (χ3n) is 16.6. The molecule has 5 aliphatic rings. The number of benzene rings is 2. The van der Waals surface area contributed by atoms with Crippen LogP contribution >= 0.6 is 0 Å². The Morgan fingerprint density at radius 1 is 1.00 bits per heavy atom. The van der Waals surface area contributed by atoms with Crippen LogP contribution in [0.3, 0.4) is 0 Å². The lowest BCUT2D eigenvalue weighted by molar-refractivity contribution is -0.231. The summed E-state index contributed by atoms with van der Waals surface area (Å²) >= 11 is 0. The number of carbonyl (C=O) groups is 3. The number of aryl methyl sites for hydroxylation is 1. The first kappa shape index (κ1) is 54.7. The number of carbonyl (C=O) groups excluding carboxylic acids is 3. The van der Waals surface area contributed by atoms with Gasteiger partial charge in [0.15, 0.2) is 0 Å². The Labute approximate surface area is 434 Å². The van der Waals surface area contributed by atoms with Gasteiger partial charge in [-0.25, -0.2) is 4.68 Å². The molecule has 17 nitrogen and oxygen atoms in total. The highest BCUT2D eigenvalue weighted by Crippen LogP contribution is 2.65. The Hall–Kier alpha value is -5.53. The third kappa shape index (κ3) is 11.6. The van der Waals surface area contributed by atoms with Crippen LogP contribution in [0.25, 0.3) is 0 Å². The maximum atomic E-state index is 14.1. The van der Waals surface area contributed by atoms with Crippen LogP contribution in [-0.2, 0) is 48.2 Å². The highest BCUT2D eigenvalue weighted by molar-refractivity contribution is 6.23. The molecule has 4 aliphatic carbocycles. The second kappa shape index (κ2) is 23.2. The normalized spacial score (nSPS) is 28.7. The van der Waals surface area contributed by atoms with Gasteiger partial charge in [-0.3, -0.25) is 25.0 Å². The van der Waals surface area contributed by atoms with Gasteiger partial charge < -0.3 is 40.0 Å². The number of nitrogens with one attached hydrogen (secondary N) is 1. The van der Waals surface area contributed by atoms with E-state index in [9.17, 15) is 34.8 Å². The number of Topliss-reactive ketones (excluding diaryl/α,β-unsaturated/α-hetero) is 1. The van der Waals surface area contributed by atoms with E-state index in [1.54, 1.807) is 43.1 Å². The van der Waals surface area contributed by atoms with E-state index in [1.165, 1.54) is 23.6 Å². The van der Waals surface area contributed by atoms with Crippen LogP contribution in [0.2, 0.25) is 0 Å². The number of ketones is 2. The lowest BCUT2D eigenvalue weighted by atomic mass is 9.51. The first-order chi connectivity index (χ1) is 35.3. The van der Waals surface area contributed by atoms with E-state index < -0.39 is 54.2 Å². The fraction of sp³-hybridized carbons (Fsp3) is 0.561. The van der Waals surface area contributed by atoms with E-state index in [4.69, 9.17) is 24.8 Å². The van der Waals surface area contributed by atoms with Crippen molar-refractivity contribution in [2.75, 3.05) is 13.7 Å². The Kier molecular flexibility index (Phi) is 17.1. The molecule has 0 spiro atoms. The van der Waals surface area contributed by atoms with Gasteiger partial charge in [0.2, 0.25) is 18.0 Å². The number of rotatable bonds is 20. The number of methoxy groups -OCH3 is 1. The Morgan fingerprint density at radius 3 is 2.47 bits per heavy atom. The lowest BCUT2D eigenvalue weighted by Crippen LogP contribution is -2.48. The molecular weight excluding hydrogens is 945 g/mol. The molecular formula is C57H76N6O11. The van der Waals surface area contributed by atoms with Crippen LogP contribution in [0.15, 0.2) is 95.5 Å². The zero-order valence-electron chi connectivity index (χ0n) is 44.0. The molecule has 2 fully saturated rings. The van der Waals surface area contributed by atoms with Crippen LogP contribution in [0.5, 0.6) is 11.5 Å². The number of phenolic OH excluding ortho intramolecular Hbond substituents is 1. The topological polar surface area (TPSA) is 241 Å². The van der Waals surface area contributed by atoms with Crippen molar-refractivity contribution in [2.24, 2.45) is 40.7 Å². The molecule has 74 heavy (non-hydrogen) atoms. The van der Waals surface area contributed by atoms with E-state index >= 15 is 0 Å². The summed E-state index contributed by atoms with van der Waals surface area (Å²) in [6.07, 6.45) is 8.14. The summed E-state index contributed by atoms with van der Waals surface area (Å²) in [5.41, 5.74) is 9.93. The van der Waals surface area contributed by atoms with Gasteiger partial charge in [-0.2, -0.15) is 5.06 Å². The molecule has 8 rings (SSSR count). The Balaban J connectivity index is 0.881. The number of ether oxygens (including phenoxy) is 3. The Bertz CT molecular complexity index is 2640. The molecule has 17 heteroatoms. The summed E-state index contributed by atoms with van der Waals surface area (Å²) in [5, 5.41) is 55.4. The standard InChI is InChI=1S/C57H76N6O11/c1-31(2)24-48(71-8)52(67)33(4)25-34(5)54(73-56(58)70)47-11-9-10-32(3)55(69)63(74-47)45-27-46(65)51(35(6)53(45)68)59-29-38-30-62(61-60-38)22-23-72-40-16-12-36(13-17-40)43-28-57(7)44(20-21-49(57)66)42-18-14-37-26-39(64)15-19-41(37)50(42)43/h9-13,15-17,19,26-27,30-31,33-34,42-44,47-50,52,54,56,59,64,66-67,70H,14,18,20-25,28-29,58H2,1-8H3/b11-9-,32-10+/t33-,34?,42?,43-,44?,47?,48-,49+,50?,52+,54-,56?,57+/m1/s1. The summed E-state index contributed by atoms with van der Waals surface area (Å²) in [4.78, 5) is 48.1. The number of nitrogens with zero attached hydrogens (tertiary/aromatic N) is 4. The van der Waals surface area contributed by atoms with Crippen molar-refractivity contribution < 1.29 is 53.9 Å². The zero-order valence-corrected chi connectivity index (χ0v) is 44.0. The highest BCUT2D eigenvalue weighted by Gasteiger charge is 2.58. The summed E-state index contributed by atoms with van der Waals surface area (Å²) in [6.45, 7) is 14.0. The summed E-state index contributed by atoms with van der Waals surface area (Å²) in [6, 6.07) is 14.2. The predicted octanol–water partition coefficient (Wildman–Crippen LogP) is 6.42. The van der Waals surface area contributed by atoms with Gasteiger partial charge in [0.05, 0.1) is 49.4 Å². The smallest absolute Gasteiger partial charge is 0.277 e. The molecule has 2 saturated carbocycles. The molecule has 1 amide bonds. The molecule has 2 aromatic carbocycles. The minimum absolute atomic E-state index is 0.0350. The molecule has 3 aromatic rings. The number of fused-ring (bicyclic) bond motifs is 5. The fourth-order valence-corrected chi connectivity index (χ4v) is 12.7. The molecule has 13 atom stereocenters. The zero-order chi connectivity index (χ0) is 53.2. The largest absolute Gasteiger partial charge is 0.508 e. The molecule has 2 heterocycles. The van der Waals surface area contributed by atoms with Gasteiger partial charge >= 0.3 is 0 Å². The van der Waals surface area contributed by atoms with Crippen LogP contribution in [-0.4, -0.2) is 109 Å². The fourth-order valence-electron chi connectivity index (χ4n) is 12.7. The van der Waals surface area contributed by atoms with Gasteiger partial charge in [-0.15, -0.1) is 5.10 Å². The van der Waals surface area contributed by atoms with Crippen molar-refractivity contribution in [1.82, 2.24) is 25.4 Å². The molecule has 400 valence electrons. The van der Waals surface area contributed by atoms with Crippen molar-refractivity contribution in [2.45, 2.75) is 155 Å². The number of aromatic hydroxyl groups is 1. The van der Waals surface area contributed by atoms with E-state index in [2.05, 4.69) is 54.6 Å². The minimum atomic E-state index is -1.72. The van der Waals surface area contributed by atoms with E-state index in [1.807, 2.05) is 38.1 Å². The number of amides is 1. The van der Waals surface area contributed by atoms with Crippen LogP contribution in [0, 0.1) is 35.0 Å². The first-order valence-corrected chi connectivity index (χ1v) is 26.3. The van der Waals surface area contributed by atoms with Crippen LogP contribution < -0.4 is 15.8 Å². The molecule has 0 saturated heterocycles. The third-order valence-corrected chi connectivity index (χ3v) is 16.6. The Morgan fingerprint density at radius 2 is 1.76 bits per heavy atom. The summed E-state index contributed by atoms with van der Waals surface area (Å²) < 4.78 is 19.2. The van der Waals surface area contributed by atoms with Crippen LogP contribution in [0.4, 0.5) is 0 Å². The molecule has 7 N–H and O–H groups in total. The quantitative estimate of drug-likeness (QED) is 0.0529. The average molecular weight is 1020 g/mol. The monoisotopic (exact) mass is 1020 g/mol. The molecule has 6 unspecified atom stereocenters. The van der Waals surface area contributed by atoms with Crippen LogP contribution in [0.1, 0.15) is 121 Å². The number of hydrogen-bond donors (Lipinski definition) is 6. The lowest BCUT2D eigenvalue weighted by Gasteiger charge is -2.54. The second-order valence-electron chi connectivity index (χ2n) is 22.1. The number of aliphatic hydroxyl groups is 3. The van der Waals surface area contributed by atoms with Crippen molar-refractivity contribution in [3.8, 4) is 11.5 Å². The number of hydrogen-bond acceptors (Lipinski definition) is 15. The van der Waals surface area contributed by atoms with Gasteiger partial charge in [0, 0.05) is 24.3 Å². The van der Waals surface area contributed by atoms with Gasteiger partial charge in [0.25, 0.3) is 5.91 Å². The van der Waals surface area contributed by atoms with E-state index in [-0.39, 0.29) is 52.4 Å². The van der Waals surface area contributed by atoms with Gasteiger partial charge in [-0.1, -0.05) is 76.3 Å². The van der Waals surface area contributed by atoms with E-state index in [0.29, 0.717) is 61.1 Å². The van der Waals surface area contributed by atoms with Crippen molar-refractivity contribution >= 4 is 17.5 Å². The van der Waals surface area contributed by atoms with Crippen molar-refractivity contribution in [1.29, 1.82) is 0 Å². The average Bonchev–Trinajstić information content (AvgIpc) is 3.95. The highest BCUT2D eigenvalue weighted by atomic mass is 16.7. The van der Waals surface area contributed by atoms with Gasteiger partial charge in [-0.05, 0) is 147 Å². The first-order valence-electron chi connectivity index (χ1n) is 26.3. The summed E-state index contributed by atoms with van der Waals surface area (Å²) in [7, 11) is 1.57. The van der Waals surface area contributed by atoms with Gasteiger partial charge in [0.1, 0.15) is 35.6 Å². The number of allylic oxidation sites excluding steroid dienone is 4.